The van der Waals surface area contributed by atoms with E-state index >= 15 is 0 Å². The predicted octanol–water partition coefficient (Wildman–Crippen LogP) is 4.12. The van der Waals surface area contributed by atoms with Crippen molar-refractivity contribution in [3.63, 3.8) is 0 Å². The van der Waals surface area contributed by atoms with Crippen molar-refractivity contribution in [1.82, 2.24) is 20.1 Å². The molecular formula is C19H19ClN4O. The van der Waals surface area contributed by atoms with Gasteiger partial charge in [-0.1, -0.05) is 31.0 Å². The summed E-state index contributed by atoms with van der Waals surface area (Å²) in [5.74, 6) is -0.131. The second-order valence-corrected chi connectivity index (χ2v) is 6.08. The molecule has 0 atom stereocenters. The number of hydrogen-bond donors (Lipinski definition) is 1. The van der Waals surface area contributed by atoms with Crippen LogP contribution in [0.2, 0.25) is 5.02 Å². The fourth-order valence-corrected chi connectivity index (χ4v) is 2.76. The summed E-state index contributed by atoms with van der Waals surface area (Å²) in [5, 5.41) is 8.00. The molecule has 5 nitrogen and oxygen atoms in total. The fraction of sp³-hybridized carbons (Fsp3) is 0.211. The maximum atomic E-state index is 12.6. The van der Waals surface area contributed by atoms with Crippen LogP contribution in [0.4, 0.5) is 0 Å². The monoisotopic (exact) mass is 354 g/mol. The van der Waals surface area contributed by atoms with Crippen LogP contribution in [0.25, 0.3) is 16.9 Å². The SMILES string of the molecule is CCCCNC(=O)c1cnn(-c2cccc(Cl)c2)c1-c1ccncc1. The molecule has 0 aliphatic heterocycles. The van der Waals surface area contributed by atoms with Gasteiger partial charge in [0, 0.05) is 29.5 Å². The second kappa shape index (κ2) is 7.94. The molecule has 0 aliphatic carbocycles. The quantitative estimate of drug-likeness (QED) is 0.677. The first-order valence-electron chi connectivity index (χ1n) is 8.23. The predicted molar refractivity (Wildman–Crippen MR) is 99.0 cm³/mol. The van der Waals surface area contributed by atoms with E-state index in [2.05, 4.69) is 22.3 Å². The number of hydrogen-bond acceptors (Lipinski definition) is 3. The van der Waals surface area contributed by atoms with Crippen molar-refractivity contribution < 1.29 is 4.79 Å². The Bertz CT molecular complexity index is 861. The first-order valence-corrected chi connectivity index (χ1v) is 8.61. The van der Waals surface area contributed by atoms with Gasteiger partial charge in [0.15, 0.2) is 0 Å². The van der Waals surface area contributed by atoms with Gasteiger partial charge in [-0.05, 0) is 36.8 Å². The number of aromatic nitrogens is 3. The van der Waals surface area contributed by atoms with Crippen LogP contribution in [0, 0.1) is 0 Å². The lowest BCUT2D eigenvalue weighted by Gasteiger charge is -2.10. The highest BCUT2D eigenvalue weighted by atomic mass is 35.5. The topological polar surface area (TPSA) is 59.8 Å². The lowest BCUT2D eigenvalue weighted by molar-refractivity contribution is 0.0954. The van der Waals surface area contributed by atoms with E-state index in [-0.39, 0.29) is 5.91 Å². The third-order valence-corrected chi connectivity index (χ3v) is 4.07. The van der Waals surface area contributed by atoms with Crippen molar-refractivity contribution in [2.75, 3.05) is 6.54 Å². The Labute approximate surface area is 151 Å². The number of nitrogens with zero attached hydrogens (tertiary/aromatic N) is 3. The summed E-state index contributed by atoms with van der Waals surface area (Å²) in [6.07, 6.45) is 6.96. The van der Waals surface area contributed by atoms with Crippen LogP contribution in [0.3, 0.4) is 0 Å². The van der Waals surface area contributed by atoms with E-state index in [9.17, 15) is 4.79 Å². The molecule has 0 bridgehead atoms. The number of benzene rings is 1. The van der Waals surface area contributed by atoms with E-state index in [4.69, 9.17) is 11.6 Å². The Hall–Kier alpha value is -2.66. The molecule has 0 unspecified atom stereocenters. The number of pyridine rings is 1. The van der Waals surface area contributed by atoms with Gasteiger partial charge in [-0.15, -0.1) is 0 Å². The number of carbonyl (C=O) groups is 1. The molecule has 3 rings (SSSR count). The zero-order chi connectivity index (χ0) is 17.6. The van der Waals surface area contributed by atoms with Gasteiger partial charge in [0.2, 0.25) is 0 Å². The number of unbranched alkanes of at least 4 members (excludes halogenated alkanes) is 1. The highest BCUT2D eigenvalue weighted by Crippen LogP contribution is 2.27. The minimum atomic E-state index is -0.131. The summed E-state index contributed by atoms with van der Waals surface area (Å²) in [7, 11) is 0. The van der Waals surface area contributed by atoms with E-state index in [1.54, 1.807) is 29.3 Å². The van der Waals surface area contributed by atoms with Crippen LogP contribution >= 0.6 is 11.6 Å². The summed E-state index contributed by atoms with van der Waals surface area (Å²) in [6.45, 7) is 2.74. The number of amides is 1. The Morgan fingerprint density at radius 1 is 1.24 bits per heavy atom. The molecule has 6 heteroatoms. The van der Waals surface area contributed by atoms with Crippen LogP contribution in [0.1, 0.15) is 30.1 Å². The summed E-state index contributed by atoms with van der Waals surface area (Å²) >= 11 is 6.12. The molecule has 128 valence electrons. The molecule has 1 N–H and O–H groups in total. The van der Waals surface area contributed by atoms with Crippen molar-refractivity contribution in [2.24, 2.45) is 0 Å². The van der Waals surface area contributed by atoms with Crippen LogP contribution in [-0.4, -0.2) is 27.2 Å². The van der Waals surface area contributed by atoms with Crippen molar-refractivity contribution in [2.45, 2.75) is 19.8 Å². The molecule has 0 fully saturated rings. The number of carbonyl (C=O) groups excluding carboxylic acids is 1. The van der Waals surface area contributed by atoms with Gasteiger partial charge in [0.1, 0.15) is 0 Å². The standard InChI is InChI=1S/C19H19ClN4O/c1-2-3-9-22-19(25)17-13-23-24(16-6-4-5-15(20)12-16)18(17)14-7-10-21-11-8-14/h4-8,10-13H,2-3,9H2,1H3,(H,22,25). The molecule has 0 saturated carbocycles. The second-order valence-electron chi connectivity index (χ2n) is 5.64. The first kappa shape index (κ1) is 17.2. The largest absolute Gasteiger partial charge is 0.352 e. The maximum absolute atomic E-state index is 12.6. The molecule has 2 heterocycles. The van der Waals surface area contributed by atoms with E-state index in [1.807, 2.05) is 30.3 Å². The molecule has 3 aromatic rings. The Balaban J connectivity index is 2.06. The molecular weight excluding hydrogens is 336 g/mol. The smallest absolute Gasteiger partial charge is 0.255 e. The summed E-state index contributed by atoms with van der Waals surface area (Å²) in [4.78, 5) is 16.7. The molecule has 0 radical (unpaired) electrons. The van der Waals surface area contributed by atoms with Gasteiger partial charge in [-0.25, -0.2) is 4.68 Å². The molecule has 2 aromatic heterocycles. The Kier molecular flexibility index (Phi) is 5.46. The minimum Gasteiger partial charge on any atom is -0.352 e. The van der Waals surface area contributed by atoms with Crippen molar-refractivity contribution >= 4 is 17.5 Å². The van der Waals surface area contributed by atoms with Gasteiger partial charge in [-0.2, -0.15) is 5.10 Å². The zero-order valence-electron chi connectivity index (χ0n) is 13.9. The Morgan fingerprint density at radius 2 is 2.04 bits per heavy atom. The molecule has 0 saturated heterocycles. The third-order valence-electron chi connectivity index (χ3n) is 3.84. The average Bonchev–Trinajstić information content (AvgIpc) is 3.08. The van der Waals surface area contributed by atoms with Crippen molar-refractivity contribution in [1.29, 1.82) is 0 Å². The molecule has 0 aliphatic rings. The van der Waals surface area contributed by atoms with Gasteiger partial charge in [-0.3, -0.25) is 9.78 Å². The van der Waals surface area contributed by atoms with E-state index in [0.29, 0.717) is 17.1 Å². The minimum absolute atomic E-state index is 0.131. The van der Waals surface area contributed by atoms with Gasteiger partial charge in [0.25, 0.3) is 5.91 Å². The summed E-state index contributed by atoms with van der Waals surface area (Å²) in [6, 6.07) is 11.1. The van der Waals surface area contributed by atoms with Crippen molar-refractivity contribution in [3.8, 4) is 16.9 Å². The highest BCUT2D eigenvalue weighted by molar-refractivity contribution is 6.30. The fourth-order valence-electron chi connectivity index (χ4n) is 2.58. The summed E-state index contributed by atoms with van der Waals surface area (Å²) in [5.41, 5.74) is 2.92. The highest BCUT2D eigenvalue weighted by Gasteiger charge is 2.19. The van der Waals surface area contributed by atoms with Gasteiger partial charge in [0.05, 0.1) is 23.1 Å². The third kappa shape index (κ3) is 3.88. The van der Waals surface area contributed by atoms with Crippen LogP contribution in [0.5, 0.6) is 0 Å². The van der Waals surface area contributed by atoms with Crippen LogP contribution < -0.4 is 5.32 Å². The average molecular weight is 355 g/mol. The Morgan fingerprint density at radius 3 is 2.76 bits per heavy atom. The molecule has 1 amide bonds. The van der Waals surface area contributed by atoms with Crippen LogP contribution in [-0.2, 0) is 0 Å². The van der Waals surface area contributed by atoms with Crippen LogP contribution in [0.15, 0.2) is 55.0 Å². The lowest BCUT2D eigenvalue weighted by atomic mass is 10.1. The van der Waals surface area contributed by atoms with E-state index < -0.39 is 0 Å². The maximum Gasteiger partial charge on any atom is 0.255 e. The van der Waals surface area contributed by atoms with Crippen molar-refractivity contribution in [3.05, 3.63) is 65.6 Å². The van der Waals surface area contributed by atoms with Gasteiger partial charge < -0.3 is 5.32 Å². The lowest BCUT2D eigenvalue weighted by Crippen LogP contribution is -2.24. The number of rotatable bonds is 6. The first-order chi connectivity index (χ1) is 12.2. The van der Waals surface area contributed by atoms with E-state index in [1.165, 1.54) is 0 Å². The van der Waals surface area contributed by atoms with E-state index in [0.717, 1.165) is 29.8 Å². The molecule has 25 heavy (non-hydrogen) atoms. The molecule has 0 spiro atoms. The molecule has 1 aromatic carbocycles. The normalized spacial score (nSPS) is 10.6. The number of nitrogens with one attached hydrogen (secondary N) is 1. The summed E-state index contributed by atoms with van der Waals surface area (Å²) < 4.78 is 1.73. The number of halogens is 1. The van der Waals surface area contributed by atoms with Gasteiger partial charge >= 0.3 is 0 Å². The zero-order valence-corrected chi connectivity index (χ0v) is 14.7.